The van der Waals surface area contributed by atoms with E-state index in [1.54, 1.807) is 0 Å². The molecule has 2 aliphatic heterocycles. The summed E-state index contributed by atoms with van der Waals surface area (Å²) in [6, 6.07) is 8.01. The van der Waals surface area contributed by atoms with E-state index in [9.17, 15) is 9.59 Å². The monoisotopic (exact) mass is 432 g/mol. The largest absolute Gasteiger partial charge is 0.492 e. The topological polar surface area (TPSA) is 76.7 Å². The number of fused-ring (bicyclic) bond motifs is 2. The molecule has 0 fully saturated rings. The maximum Gasteiger partial charge on any atom is 0.231 e. The molecule has 0 saturated heterocycles. The van der Waals surface area contributed by atoms with Crippen LogP contribution in [0.2, 0.25) is 0 Å². The zero-order valence-electron chi connectivity index (χ0n) is 18.9. The van der Waals surface area contributed by atoms with Gasteiger partial charge in [0.2, 0.25) is 11.8 Å². The normalized spacial score (nSPS) is 17.9. The zero-order valence-corrected chi connectivity index (χ0v) is 18.9. The van der Waals surface area contributed by atoms with Crippen LogP contribution in [-0.4, -0.2) is 38.1 Å². The van der Waals surface area contributed by atoms with Crippen molar-refractivity contribution < 1.29 is 19.1 Å². The Morgan fingerprint density at radius 3 is 1.53 bits per heavy atom. The molecule has 2 amide bonds. The third-order valence-corrected chi connectivity index (χ3v) is 6.27. The van der Waals surface area contributed by atoms with Gasteiger partial charge in [0, 0.05) is 11.1 Å². The molecule has 0 radical (unpaired) electrons. The van der Waals surface area contributed by atoms with Crippen molar-refractivity contribution in [2.45, 2.75) is 39.5 Å². The van der Waals surface area contributed by atoms with Crippen molar-refractivity contribution in [3.05, 3.63) is 57.6 Å². The average Bonchev–Trinajstić information content (AvgIpc) is 3.35. The number of carbonyl (C=O) groups excluding carboxylic acids is 2. The molecule has 4 rings (SSSR count). The molecular weight excluding hydrogens is 404 g/mol. The number of benzene rings is 2. The molecule has 166 valence electrons. The minimum atomic E-state index is -0.319. The first kappa shape index (κ1) is 21.8. The van der Waals surface area contributed by atoms with Crippen LogP contribution in [0.5, 0.6) is 11.5 Å². The quantitative estimate of drug-likeness (QED) is 0.729. The second-order valence-corrected chi connectivity index (χ2v) is 8.46. The summed E-state index contributed by atoms with van der Waals surface area (Å²) in [5.74, 6) is 6.52. The Kier molecular flexibility index (Phi) is 6.09. The molecule has 32 heavy (non-hydrogen) atoms. The van der Waals surface area contributed by atoms with E-state index in [1.165, 1.54) is 0 Å². The van der Waals surface area contributed by atoms with E-state index in [0.717, 1.165) is 44.9 Å². The van der Waals surface area contributed by atoms with Crippen LogP contribution in [0.4, 0.5) is 0 Å². The van der Waals surface area contributed by atoms with Crippen LogP contribution in [-0.2, 0) is 9.59 Å². The van der Waals surface area contributed by atoms with E-state index in [1.807, 2.05) is 52.0 Å². The first-order valence-corrected chi connectivity index (χ1v) is 10.8. The van der Waals surface area contributed by atoms with Crippen molar-refractivity contribution in [1.82, 2.24) is 10.6 Å². The lowest BCUT2D eigenvalue weighted by Crippen LogP contribution is -2.31. The summed E-state index contributed by atoms with van der Waals surface area (Å²) in [7, 11) is 0. The van der Waals surface area contributed by atoms with Gasteiger partial charge in [0.25, 0.3) is 0 Å². The molecular formula is C26H28N2O4. The lowest BCUT2D eigenvalue weighted by molar-refractivity contribution is -0.123. The molecule has 0 saturated carbocycles. The standard InChI is InChI=1S/C26H28N2O4/c1-15-9-19-21(13-31-23(19)11-17(15)3)25(29)27-7-5-6-8-28-26(30)22-14-32-24-12-18(4)16(2)10-20(22)24/h9-12,21-22H,7-8,13-14H2,1-4H3,(H,27,29)(H,28,30). The molecule has 2 aromatic rings. The highest BCUT2D eigenvalue weighted by Gasteiger charge is 2.31. The van der Waals surface area contributed by atoms with Gasteiger partial charge in [-0.3, -0.25) is 9.59 Å². The molecule has 2 N–H and O–H groups in total. The third kappa shape index (κ3) is 4.29. The number of carbonyl (C=O) groups is 2. The highest BCUT2D eigenvalue weighted by molar-refractivity contribution is 5.86. The van der Waals surface area contributed by atoms with Crippen LogP contribution < -0.4 is 20.1 Å². The summed E-state index contributed by atoms with van der Waals surface area (Å²) in [4.78, 5) is 25.1. The SMILES string of the molecule is Cc1cc2c(cc1C)C(C(=O)NCC#CCNC(=O)C1COc3cc(C)c(C)cc31)CO2. The third-order valence-electron chi connectivity index (χ3n) is 6.27. The van der Waals surface area contributed by atoms with Crippen molar-refractivity contribution in [3.63, 3.8) is 0 Å². The van der Waals surface area contributed by atoms with Crippen molar-refractivity contribution in [2.75, 3.05) is 26.3 Å². The molecule has 0 bridgehead atoms. The van der Waals surface area contributed by atoms with Gasteiger partial charge in [-0.25, -0.2) is 0 Å². The van der Waals surface area contributed by atoms with Crippen LogP contribution in [0.25, 0.3) is 0 Å². The Bertz CT molecular complexity index is 1060. The Hall–Kier alpha value is -3.46. The summed E-state index contributed by atoms with van der Waals surface area (Å²) >= 11 is 0. The van der Waals surface area contributed by atoms with Crippen LogP contribution in [0, 0.1) is 39.5 Å². The molecule has 0 aliphatic carbocycles. The van der Waals surface area contributed by atoms with Crippen molar-refractivity contribution in [3.8, 4) is 23.3 Å². The lowest BCUT2D eigenvalue weighted by Gasteiger charge is -2.10. The highest BCUT2D eigenvalue weighted by atomic mass is 16.5. The van der Waals surface area contributed by atoms with Gasteiger partial charge in [-0.15, -0.1) is 0 Å². The fraction of sp³-hybridized carbons (Fsp3) is 0.385. The van der Waals surface area contributed by atoms with E-state index in [4.69, 9.17) is 9.47 Å². The Balaban J connectivity index is 1.25. The predicted molar refractivity (Wildman–Crippen MR) is 122 cm³/mol. The van der Waals surface area contributed by atoms with Gasteiger partial charge in [-0.1, -0.05) is 24.0 Å². The van der Waals surface area contributed by atoms with Crippen LogP contribution in [0.1, 0.15) is 45.2 Å². The number of rotatable bonds is 4. The summed E-state index contributed by atoms with van der Waals surface area (Å²) in [6.45, 7) is 9.25. The van der Waals surface area contributed by atoms with Gasteiger partial charge >= 0.3 is 0 Å². The van der Waals surface area contributed by atoms with E-state index >= 15 is 0 Å². The summed E-state index contributed by atoms with van der Waals surface area (Å²) < 4.78 is 11.3. The first-order chi connectivity index (χ1) is 15.3. The molecule has 6 heteroatoms. The fourth-order valence-electron chi connectivity index (χ4n) is 4.01. The van der Waals surface area contributed by atoms with Gasteiger partial charge < -0.3 is 20.1 Å². The number of hydrogen-bond donors (Lipinski definition) is 2. The Morgan fingerprint density at radius 1 is 0.750 bits per heavy atom. The van der Waals surface area contributed by atoms with Gasteiger partial charge in [-0.2, -0.15) is 0 Å². The van der Waals surface area contributed by atoms with Gasteiger partial charge in [-0.05, 0) is 62.1 Å². The summed E-state index contributed by atoms with van der Waals surface area (Å²) in [5, 5.41) is 5.68. The number of aryl methyl sites for hydroxylation is 4. The Labute approximate surface area is 188 Å². The molecule has 2 heterocycles. The maximum absolute atomic E-state index is 12.5. The molecule has 0 aromatic heterocycles. The maximum atomic E-state index is 12.5. The zero-order chi connectivity index (χ0) is 22.8. The smallest absolute Gasteiger partial charge is 0.231 e. The fourth-order valence-corrected chi connectivity index (χ4v) is 4.01. The van der Waals surface area contributed by atoms with Gasteiger partial charge in [0.1, 0.15) is 36.5 Å². The molecule has 6 nitrogen and oxygen atoms in total. The number of nitrogens with one attached hydrogen (secondary N) is 2. The van der Waals surface area contributed by atoms with Crippen molar-refractivity contribution >= 4 is 11.8 Å². The predicted octanol–water partition coefficient (Wildman–Crippen LogP) is 2.81. The number of ether oxygens (including phenoxy) is 2. The minimum Gasteiger partial charge on any atom is -0.492 e. The van der Waals surface area contributed by atoms with E-state index in [2.05, 4.69) is 22.5 Å². The van der Waals surface area contributed by atoms with Gasteiger partial charge in [0.05, 0.1) is 13.1 Å². The van der Waals surface area contributed by atoms with Crippen LogP contribution >= 0.6 is 0 Å². The summed E-state index contributed by atoms with van der Waals surface area (Å²) in [5.41, 5.74) is 6.43. The Morgan fingerprint density at radius 2 is 1.12 bits per heavy atom. The number of amides is 2. The molecule has 2 aliphatic rings. The average molecular weight is 433 g/mol. The lowest BCUT2D eigenvalue weighted by atomic mass is 9.96. The summed E-state index contributed by atoms with van der Waals surface area (Å²) in [6.07, 6.45) is 0. The van der Waals surface area contributed by atoms with E-state index in [-0.39, 0.29) is 36.7 Å². The second-order valence-electron chi connectivity index (χ2n) is 8.46. The number of hydrogen-bond acceptors (Lipinski definition) is 4. The van der Waals surface area contributed by atoms with Gasteiger partial charge in [0.15, 0.2) is 0 Å². The van der Waals surface area contributed by atoms with Crippen LogP contribution in [0.3, 0.4) is 0 Å². The molecule has 2 atom stereocenters. The highest BCUT2D eigenvalue weighted by Crippen LogP contribution is 2.37. The molecule has 0 spiro atoms. The molecule has 2 aromatic carbocycles. The van der Waals surface area contributed by atoms with E-state index < -0.39 is 0 Å². The van der Waals surface area contributed by atoms with E-state index in [0.29, 0.717) is 13.2 Å². The van der Waals surface area contributed by atoms with Crippen LogP contribution in [0.15, 0.2) is 24.3 Å². The van der Waals surface area contributed by atoms with Crippen molar-refractivity contribution in [1.29, 1.82) is 0 Å². The van der Waals surface area contributed by atoms with Crippen molar-refractivity contribution in [2.24, 2.45) is 0 Å². The molecule has 2 unspecified atom stereocenters. The second kappa shape index (κ2) is 8.96. The minimum absolute atomic E-state index is 0.101. The first-order valence-electron chi connectivity index (χ1n) is 10.8.